The van der Waals surface area contributed by atoms with Crippen LogP contribution in [0.4, 0.5) is 0 Å². The molecule has 0 fully saturated rings. The summed E-state index contributed by atoms with van der Waals surface area (Å²) >= 11 is 0. The second-order valence-corrected chi connectivity index (χ2v) is 1.60. The molecule has 8 heavy (non-hydrogen) atoms. The van der Waals surface area contributed by atoms with Crippen molar-refractivity contribution in [2.45, 2.75) is 19.1 Å². The highest BCUT2D eigenvalue weighted by molar-refractivity contribution is 4.86. The van der Waals surface area contributed by atoms with E-state index in [1.165, 1.54) is 13.0 Å². The lowest BCUT2D eigenvalue weighted by molar-refractivity contribution is 0.0620. The highest BCUT2D eigenvalue weighted by Gasteiger charge is 2.03. The third-order valence-corrected chi connectivity index (χ3v) is 0.783. The molecule has 0 amide bonds. The highest BCUT2D eigenvalue weighted by atomic mass is 16.3. The van der Waals surface area contributed by atoms with Gasteiger partial charge in [-0.25, -0.2) is 0 Å². The molecular formula is C6H10O2. The summed E-state index contributed by atoms with van der Waals surface area (Å²) < 4.78 is 0. The minimum atomic E-state index is -0.826. The molecule has 0 aliphatic rings. The summed E-state index contributed by atoms with van der Waals surface area (Å²) in [4.78, 5) is 0. The van der Waals surface area contributed by atoms with Crippen LogP contribution in [0.1, 0.15) is 6.92 Å². The molecule has 46 valence electrons. The molecule has 0 bridgehead atoms. The third kappa shape index (κ3) is 2.59. The Bertz CT molecular complexity index is 101. The maximum atomic E-state index is 8.72. The van der Waals surface area contributed by atoms with Gasteiger partial charge < -0.3 is 10.2 Å². The van der Waals surface area contributed by atoms with Gasteiger partial charge in [-0.15, -0.1) is 5.73 Å². The number of aliphatic hydroxyl groups excluding tert-OH is 2. The Morgan fingerprint density at radius 2 is 2.12 bits per heavy atom. The van der Waals surface area contributed by atoms with Crippen molar-refractivity contribution in [1.29, 1.82) is 0 Å². The van der Waals surface area contributed by atoms with Crippen LogP contribution in [0.2, 0.25) is 0 Å². The molecule has 0 spiro atoms. The maximum Gasteiger partial charge on any atom is 0.105 e. The second kappa shape index (κ2) is 3.44. The van der Waals surface area contributed by atoms with Crippen molar-refractivity contribution in [2.75, 3.05) is 0 Å². The van der Waals surface area contributed by atoms with Crippen LogP contribution >= 0.6 is 0 Å². The summed E-state index contributed by atoms with van der Waals surface area (Å²) in [5.41, 5.74) is 2.36. The van der Waals surface area contributed by atoms with Crippen molar-refractivity contribution in [2.24, 2.45) is 0 Å². The van der Waals surface area contributed by atoms with Crippen molar-refractivity contribution < 1.29 is 10.2 Å². The van der Waals surface area contributed by atoms with Gasteiger partial charge in [0.15, 0.2) is 0 Å². The smallest absolute Gasteiger partial charge is 0.105 e. The highest BCUT2D eigenvalue weighted by Crippen LogP contribution is 1.90. The van der Waals surface area contributed by atoms with Gasteiger partial charge in [-0.05, 0) is 13.0 Å². The summed E-state index contributed by atoms with van der Waals surface area (Å²) in [5, 5.41) is 17.3. The molecule has 0 rings (SSSR count). The first-order valence-electron chi connectivity index (χ1n) is 2.40. The first-order chi connectivity index (χ1) is 3.68. The van der Waals surface area contributed by atoms with E-state index in [2.05, 4.69) is 12.3 Å². The Hall–Kier alpha value is -0.560. The van der Waals surface area contributed by atoms with Crippen LogP contribution in [0.5, 0.6) is 0 Å². The van der Waals surface area contributed by atoms with Crippen LogP contribution < -0.4 is 0 Å². The minimum Gasteiger partial charge on any atom is -0.390 e. The quantitative estimate of drug-likeness (QED) is 0.499. The van der Waals surface area contributed by atoms with Gasteiger partial charge in [0.2, 0.25) is 0 Å². The Labute approximate surface area is 48.8 Å². The van der Waals surface area contributed by atoms with Crippen LogP contribution in [-0.4, -0.2) is 22.4 Å². The fraction of sp³-hybridized carbons (Fsp3) is 0.500. The molecule has 0 saturated carbocycles. The minimum absolute atomic E-state index is 0.732. The molecule has 0 aromatic carbocycles. The number of rotatable bonds is 2. The van der Waals surface area contributed by atoms with Gasteiger partial charge in [-0.1, -0.05) is 6.58 Å². The maximum absolute atomic E-state index is 8.72. The van der Waals surface area contributed by atoms with E-state index in [4.69, 9.17) is 10.2 Å². The molecule has 2 atom stereocenters. The predicted molar refractivity (Wildman–Crippen MR) is 31.4 cm³/mol. The lowest BCUT2D eigenvalue weighted by Crippen LogP contribution is -2.18. The molecule has 0 radical (unpaired) electrons. The van der Waals surface area contributed by atoms with Crippen molar-refractivity contribution >= 4 is 0 Å². The summed E-state index contributed by atoms with van der Waals surface area (Å²) in [5.74, 6) is 0. The van der Waals surface area contributed by atoms with Crippen molar-refractivity contribution in [3.63, 3.8) is 0 Å². The molecule has 2 heteroatoms. The Morgan fingerprint density at radius 1 is 1.62 bits per heavy atom. The van der Waals surface area contributed by atoms with Gasteiger partial charge >= 0.3 is 0 Å². The number of hydrogen-bond donors (Lipinski definition) is 2. The topological polar surface area (TPSA) is 40.5 Å². The zero-order chi connectivity index (χ0) is 6.57. The van der Waals surface area contributed by atoms with Gasteiger partial charge in [0.05, 0.1) is 6.10 Å². The fourth-order valence-electron chi connectivity index (χ4n) is 0.260. The van der Waals surface area contributed by atoms with E-state index in [0.29, 0.717) is 0 Å². The molecule has 0 unspecified atom stereocenters. The van der Waals surface area contributed by atoms with Crippen molar-refractivity contribution in [3.05, 3.63) is 18.4 Å². The van der Waals surface area contributed by atoms with E-state index in [0.717, 1.165) is 0 Å². The van der Waals surface area contributed by atoms with Crippen molar-refractivity contribution in [1.82, 2.24) is 0 Å². The van der Waals surface area contributed by atoms with E-state index >= 15 is 0 Å². The Kier molecular flexibility index (Phi) is 3.20. The van der Waals surface area contributed by atoms with Gasteiger partial charge in [-0.2, -0.15) is 0 Å². The fourth-order valence-corrected chi connectivity index (χ4v) is 0.260. The van der Waals surface area contributed by atoms with Crippen LogP contribution in [0.15, 0.2) is 18.4 Å². The standard InChI is InChI=1S/C6H10O2/c1-3-4-6(8)5(2)7/h4-8H,1H2,2H3/t5-,6-/m0/s1. The molecule has 0 aliphatic heterocycles. The van der Waals surface area contributed by atoms with Crippen LogP contribution in [0.25, 0.3) is 0 Å². The lowest BCUT2D eigenvalue weighted by Gasteiger charge is -2.05. The second-order valence-electron chi connectivity index (χ2n) is 1.60. The largest absolute Gasteiger partial charge is 0.390 e. The van der Waals surface area contributed by atoms with Crippen LogP contribution in [-0.2, 0) is 0 Å². The normalized spacial score (nSPS) is 16.4. The Balaban J connectivity index is 3.63. The SMILES string of the molecule is C=C=C[C@H](O)[C@H](C)O. The van der Waals surface area contributed by atoms with Gasteiger partial charge in [-0.3, -0.25) is 0 Å². The van der Waals surface area contributed by atoms with E-state index in [1.54, 1.807) is 0 Å². The number of aliphatic hydroxyl groups is 2. The lowest BCUT2D eigenvalue weighted by atomic mass is 10.2. The molecule has 2 nitrogen and oxygen atoms in total. The monoisotopic (exact) mass is 114 g/mol. The van der Waals surface area contributed by atoms with E-state index in [-0.39, 0.29) is 0 Å². The zero-order valence-electron chi connectivity index (χ0n) is 4.83. The molecule has 2 N–H and O–H groups in total. The van der Waals surface area contributed by atoms with Crippen LogP contribution in [0.3, 0.4) is 0 Å². The molecule has 0 aromatic rings. The molecule has 0 aromatic heterocycles. The first-order valence-corrected chi connectivity index (χ1v) is 2.40. The van der Waals surface area contributed by atoms with Gasteiger partial charge in [0, 0.05) is 0 Å². The van der Waals surface area contributed by atoms with E-state index in [1.807, 2.05) is 0 Å². The zero-order valence-corrected chi connectivity index (χ0v) is 4.83. The Morgan fingerprint density at radius 3 is 2.25 bits per heavy atom. The summed E-state index contributed by atoms with van der Waals surface area (Å²) in [6, 6.07) is 0. The average Bonchev–Trinajstić information content (AvgIpc) is 1.67. The van der Waals surface area contributed by atoms with Gasteiger partial charge in [0.25, 0.3) is 0 Å². The number of hydrogen-bond acceptors (Lipinski definition) is 2. The summed E-state index contributed by atoms with van der Waals surface area (Å²) in [6.45, 7) is 4.73. The molecule has 0 saturated heterocycles. The third-order valence-electron chi connectivity index (χ3n) is 0.783. The summed E-state index contributed by atoms with van der Waals surface area (Å²) in [7, 11) is 0. The summed E-state index contributed by atoms with van der Waals surface area (Å²) in [6.07, 6.45) is -0.248. The average molecular weight is 114 g/mol. The van der Waals surface area contributed by atoms with Crippen molar-refractivity contribution in [3.8, 4) is 0 Å². The van der Waals surface area contributed by atoms with E-state index in [9.17, 15) is 0 Å². The van der Waals surface area contributed by atoms with E-state index < -0.39 is 12.2 Å². The molecule has 0 heterocycles. The van der Waals surface area contributed by atoms with Gasteiger partial charge in [0.1, 0.15) is 6.10 Å². The molecular weight excluding hydrogens is 104 g/mol. The predicted octanol–water partition coefficient (Wildman–Crippen LogP) is 0.0692. The first kappa shape index (κ1) is 7.44. The molecule has 0 aliphatic carbocycles. The van der Waals surface area contributed by atoms with Crippen LogP contribution in [0, 0.1) is 0 Å².